The van der Waals surface area contributed by atoms with Crippen LogP contribution in [0.15, 0.2) is 18.3 Å². The smallest absolute Gasteiger partial charge is 0.163 e. The molecule has 18 heavy (non-hydrogen) atoms. The molecule has 1 aliphatic heterocycles. The van der Waals surface area contributed by atoms with E-state index in [1.807, 2.05) is 20.8 Å². The van der Waals surface area contributed by atoms with Crippen molar-refractivity contribution < 1.29 is 13.9 Å². The zero-order chi connectivity index (χ0) is 13.2. The lowest BCUT2D eigenvalue weighted by Crippen LogP contribution is -2.32. The van der Waals surface area contributed by atoms with Crippen molar-refractivity contribution in [2.75, 3.05) is 13.2 Å². The molecular formula is C13H19FN2O2. The summed E-state index contributed by atoms with van der Waals surface area (Å²) in [4.78, 5) is 4.04. The van der Waals surface area contributed by atoms with Crippen LogP contribution in [0.1, 0.15) is 32.5 Å². The molecule has 100 valence electrons. The van der Waals surface area contributed by atoms with E-state index in [-0.39, 0.29) is 18.0 Å². The molecule has 1 N–H and O–H groups in total. The van der Waals surface area contributed by atoms with Crippen molar-refractivity contribution in [3.8, 4) is 0 Å². The summed E-state index contributed by atoms with van der Waals surface area (Å²) in [6.07, 6.45) is 1.27. The van der Waals surface area contributed by atoms with E-state index < -0.39 is 5.79 Å². The summed E-state index contributed by atoms with van der Waals surface area (Å²) in [7, 11) is 0. The van der Waals surface area contributed by atoms with Crippen molar-refractivity contribution in [3.05, 3.63) is 29.8 Å². The lowest BCUT2D eigenvalue weighted by Gasteiger charge is -2.19. The van der Waals surface area contributed by atoms with Gasteiger partial charge in [0.1, 0.15) is 5.82 Å². The average Bonchev–Trinajstić information content (AvgIpc) is 2.67. The van der Waals surface area contributed by atoms with E-state index >= 15 is 0 Å². The van der Waals surface area contributed by atoms with Gasteiger partial charge in [-0.1, -0.05) is 0 Å². The number of hydrogen-bond acceptors (Lipinski definition) is 4. The zero-order valence-electron chi connectivity index (χ0n) is 10.9. The van der Waals surface area contributed by atoms with Crippen molar-refractivity contribution in [2.24, 2.45) is 0 Å². The third kappa shape index (κ3) is 3.48. The van der Waals surface area contributed by atoms with Crippen LogP contribution < -0.4 is 5.32 Å². The van der Waals surface area contributed by atoms with Crippen LogP contribution in [0.5, 0.6) is 0 Å². The second-order valence-corrected chi connectivity index (χ2v) is 4.98. The van der Waals surface area contributed by atoms with Gasteiger partial charge in [0.2, 0.25) is 0 Å². The first-order chi connectivity index (χ1) is 8.46. The Labute approximate surface area is 107 Å². The third-order valence-electron chi connectivity index (χ3n) is 2.91. The second-order valence-electron chi connectivity index (χ2n) is 4.98. The highest BCUT2D eigenvalue weighted by Crippen LogP contribution is 2.22. The predicted octanol–water partition coefficient (Wildman–Crippen LogP) is 2.02. The van der Waals surface area contributed by atoms with E-state index in [0.717, 1.165) is 5.69 Å². The normalized spacial score (nSPS) is 24.1. The summed E-state index contributed by atoms with van der Waals surface area (Å²) in [5.74, 6) is -0.816. The first kappa shape index (κ1) is 13.4. The molecule has 0 aromatic carbocycles. The van der Waals surface area contributed by atoms with Crippen molar-refractivity contribution >= 4 is 0 Å². The molecule has 0 bridgehead atoms. The second kappa shape index (κ2) is 5.30. The molecule has 1 aliphatic rings. The minimum absolute atomic E-state index is 0.0444. The molecule has 0 spiro atoms. The molecular weight excluding hydrogens is 235 g/mol. The zero-order valence-corrected chi connectivity index (χ0v) is 10.9. The summed E-state index contributed by atoms with van der Waals surface area (Å²) in [6, 6.07) is 3.15. The van der Waals surface area contributed by atoms with Crippen LogP contribution in [0.25, 0.3) is 0 Å². The standard InChI is InChI=1S/C13H19FN2O2/c1-9(12-5-4-10(14)6-16-12)15-7-11-8-17-13(2,3)18-11/h4-6,9,11,15H,7-8H2,1-3H3. The van der Waals surface area contributed by atoms with E-state index in [4.69, 9.17) is 9.47 Å². The first-order valence-electron chi connectivity index (χ1n) is 6.13. The van der Waals surface area contributed by atoms with Gasteiger partial charge in [-0.25, -0.2) is 4.39 Å². The summed E-state index contributed by atoms with van der Waals surface area (Å²) < 4.78 is 23.9. The van der Waals surface area contributed by atoms with Gasteiger partial charge in [0.15, 0.2) is 5.79 Å². The minimum atomic E-state index is -0.496. The van der Waals surface area contributed by atoms with Crippen LogP contribution in [-0.2, 0) is 9.47 Å². The lowest BCUT2D eigenvalue weighted by molar-refractivity contribution is -0.137. The van der Waals surface area contributed by atoms with Gasteiger partial charge in [-0.2, -0.15) is 0 Å². The van der Waals surface area contributed by atoms with Crippen molar-refractivity contribution in [2.45, 2.75) is 38.7 Å². The Bertz CT molecular complexity index is 394. The summed E-state index contributed by atoms with van der Waals surface area (Å²) >= 11 is 0. The van der Waals surface area contributed by atoms with Gasteiger partial charge in [0, 0.05) is 12.6 Å². The van der Waals surface area contributed by atoms with Crippen molar-refractivity contribution in [3.63, 3.8) is 0 Å². The first-order valence-corrected chi connectivity index (χ1v) is 6.13. The molecule has 1 aromatic heterocycles. The van der Waals surface area contributed by atoms with Crippen LogP contribution in [0, 0.1) is 5.82 Å². The number of nitrogens with one attached hydrogen (secondary N) is 1. The number of ether oxygens (including phenoxy) is 2. The van der Waals surface area contributed by atoms with Gasteiger partial charge in [-0.3, -0.25) is 4.98 Å². The minimum Gasteiger partial charge on any atom is -0.348 e. The predicted molar refractivity (Wildman–Crippen MR) is 65.5 cm³/mol. The number of rotatable bonds is 4. The molecule has 0 amide bonds. The molecule has 2 unspecified atom stereocenters. The molecule has 2 heterocycles. The quantitative estimate of drug-likeness (QED) is 0.892. The van der Waals surface area contributed by atoms with Crippen LogP contribution in [0.4, 0.5) is 4.39 Å². The number of pyridine rings is 1. The summed E-state index contributed by atoms with van der Waals surface area (Å²) in [5, 5.41) is 3.31. The Morgan fingerprint density at radius 1 is 1.56 bits per heavy atom. The maximum atomic E-state index is 12.7. The maximum absolute atomic E-state index is 12.7. The monoisotopic (exact) mass is 254 g/mol. The van der Waals surface area contributed by atoms with Gasteiger partial charge in [-0.15, -0.1) is 0 Å². The van der Waals surface area contributed by atoms with Crippen LogP contribution in [-0.4, -0.2) is 30.0 Å². The average molecular weight is 254 g/mol. The van der Waals surface area contributed by atoms with Crippen molar-refractivity contribution in [1.29, 1.82) is 0 Å². The fourth-order valence-corrected chi connectivity index (χ4v) is 1.92. The van der Waals surface area contributed by atoms with Crippen molar-refractivity contribution in [1.82, 2.24) is 10.3 Å². The highest BCUT2D eigenvalue weighted by atomic mass is 19.1. The Morgan fingerprint density at radius 3 is 2.89 bits per heavy atom. The molecule has 0 aliphatic carbocycles. The maximum Gasteiger partial charge on any atom is 0.163 e. The number of aromatic nitrogens is 1. The van der Waals surface area contributed by atoms with E-state index in [1.165, 1.54) is 12.3 Å². The highest BCUT2D eigenvalue weighted by Gasteiger charge is 2.32. The highest BCUT2D eigenvalue weighted by molar-refractivity contribution is 5.08. The van der Waals surface area contributed by atoms with E-state index in [2.05, 4.69) is 10.3 Å². The van der Waals surface area contributed by atoms with Gasteiger partial charge in [0.05, 0.1) is 24.6 Å². The van der Waals surface area contributed by atoms with Gasteiger partial charge in [-0.05, 0) is 32.9 Å². The van der Waals surface area contributed by atoms with E-state index in [1.54, 1.807) is 6.07 Å². The molecule has 1 aromatic rings. The molecule has 5 heteroatoms. The van der Waals surface area contributed by atoms with Crippen LogP contribution in [0.2, 0.25) is 0 Å². The molecule has 0 radical (unpaired) electrons. The number of nitrogens with zero attached hydrogens (tertiary/aromatic N) is 1. The largest absolute Gasteiger partial charge is 0.348 e. The molecule has 0 saturated carbocycles. The fraction of sp³-hybridized carbons (Fsp3) is 0.615. The lowest BCUT2D eigenvalue weighted by atomic mass is 10.2. The Morgan fingerprint density at radius 2 is 2.33 bits per heavy atom. The van der Waals surface area contributed by atoms with Crippen LogP contribution in [0.3, 0.4) is 0 Å². The van der Waals surface area contributed by atoms with Crippen LogP contribution >= 0.6 is 0 Å². The molecule has 2 rings (SSSR count). The van der Waals surface area contributed by atoms with Gasteiger partial charge >= 0.3 is 0 Å². The SMILES string of the molecule is CC(NCC1COC(C)(C)O1)c1ccc(F)cn1. The summed E-state index contributed by atoms with van der Waals surface area (Å²) in [5.41, 5.74) is 0.814. The molecule has 1 saturated heterocycles. The Hall–Kier alpha value is -1.04. The topological polar surface area (TPSA) is 43.4 Å². The van der Waals surface area contributed by atoms with E-state index in [0.29, 0.717) is 13.2 Å². The third-order valence-corrected chi connectivity index (χ3v) is 2.91. The summed E-state index contributed by atoms with van der Waals surface area (Å²) in [6.45, 7) is 7.06. The number of halogens is 1. The Kier molecular flexibility index (Phi) is 3.94. The van der Waals surface area contributed by atoms with Gasteiger partial charge < -0.3 is 14.8 Å². The molecule has 2 atom stereocenters. The van der Waals surface area contributed by atoms with Gasteiger partial charge in [0.25, 0.3) is 0 Å². The Balaban J connectivity index is 1.82. The molecule has 1 fully saturated rings. The van der Waals surface area contributed by atoms with E-state index in [9.17, 15) is 4.39 Å². The number of hydrogen-bond donors (Lipinski definition) is 1. The fourth-order valence-electron chi connectivity index (χ4n) is 1.92. The molecule has 4 nitrogen and oxygen atoms in total.